The molecule has 106 valence electrons. The molecule has 6 nitrogen and oxygen atoms in total. The van der Waals surface area contributed by atoms with E-state index in [1.807, 2.05) is 0 Å². The smallest absolute Gasteiger partial charge is 0.269 e. The molecular formula is C12H18N2O4S. The Hall–Kier alpha value is -1.34. The third kappa shape index (κ3) is 3.57. The number of imide groups is 1. The number of thioether (sulfide) groups is 1. The van der Waals surface area contributed by atoms with E-state index in [0.29, 0.717) is 6.61 Å². The van der Waals surface area contributed by atoms with Crippen molar-refractivity contribution in [1.82, 2.24) is 10.2 Å². The zero-order chi connectivity index (χ0) is 14.6. The van der Waals surface area contributed by atoms with Gasteiger partial charge in [0.25, 0.3) is 5.91 Å². The monoisotopic (exact) mass is 286 g/mol. The Kier molecular flexibility index (Phi) is 5.56. The van der Waals surface area contributed by atoms with Crippen LogP contribution in [0.4, 0.5) is 0 Å². The van der Waals surface area contributed by atoms with E-state index in [1.165, 1.54) is 11.8 Å². The normalized spacial score (nSPS) is 20.6. The lowest BCUT2D eigenvalue weighted by molar-refractivity contribution is -0.139. The fourth-order valence-corrected chi connectivity index (χ4v) is 2.35. The summed E-state index contributed by atoms with van der Waals surface area (Å²) < 4.78 is 5.16. The van der Waals surface area contributed by atoms with E-state index in [2.05, 4.69) is 11.9 Å². The van der Waals surface area contributed by atoms with Crippen molar-refractivity contribution in [1.29, 1.82) is 0 Å². The van der Waals surface area contributed by atoms with E-state index < -0.39 is 23.3 Å². The molecule has 19 heavy (non-hydrogen) atoms. The largest absolute Gasteiger partial charge is 0.359 e. The van der Waals surface area contributed by atoms with Crippen LogP contribution >= 0.6 is 11.8 Å². The van der Waals surface area contributed by atoms with Gasteiger partial charge in [-0.1, -0.05) is 6.58 Å². The predicted octanol–water partition coefficient (Wildman–Crippen LogP) is 0.489. The summed E-state index contributed by atoms with van der Waals surface area (Å²) in [5.74, 6) is -1.36. The summed E-state index contributed by atoms with van der Waals surface area (Å²) in [7, 11) is 0. The van der Waals surface area contributed by atoms with E-state index >= 15 is 0 Å². The summed E-state index contributed by atoms with van der Waals surface area (Å²) in [5, 5.41) is 2.09. The van der Waals surface area contributed by atoms with Crippen LogP contribution in [0, 0.1) is 0 Å². The molecule has 1 fully saturated rings. The molecule has 0 aromatic carbocycles. The number of ether oxygens (including phenoxy) is 1. The van der Waals surface area contributed by atoms with Crippen LogP contribution < -0.4 is 5.32 Å². The van der Waals surface area contributed by atoms with Gasteiger partial charge in [0.1, 0.15) is 11.9 Å². The van der Waals surface area contributed by atoms with E-state index in [1.54, 1.807) is 20.1 Å². The van der Waals surface area contributed by atoms with Crippen molar-refractivity contribution in [3.8, 4) is 0 Å². The van der Waals surface area contributed by atoms with Crippen LogP contribution in [0.1, 0.15) is 20.3 Å². The van der Waals surface area contributed by atoms with E-state index in [-0.39, 0.29) is 18.0 Å². The summed E-state index contributed by atoms with van der Waals surface area (Å²) in [6.45, 7) is 7.43. The minimum Gasteiger partial charge on any atom is -0.359 e. The lowest BCUT2D eigenvalue weighted by Crippen LogP contribution is -2.42. The first-order valence-corrected chi connectivity index (χ1v) is 7.22. The van der Waals surface area contributed by atoms with Gasteiger partial charge in [0.15, 0.2) is 0 Å². The third-order valence-electron chi connectivity index (χ3n) is 2.67. The first kappa shape index (κ1) is 15.7. The number of carbonyl (C=O) groups excluding carboxylic acids is 3. The highest BCUT2D eigenvalue weighted by Gasteiger charge is 2.41. The van der Waals surface area contributed by atoms with Crippen LogP contribution in [0.2, 0.25) is 0 Å². The van der Waals surface area contributed by atoms with Crippen LogP contribution in [-0.4, -0.2) is 47.0 Å². The van der Waals surface area contributed by atoms with Crippen LogP contribution in [0.15, 0.2) is 12.3 Å². The molecule has 1 aliphatic heterocycles. The van der Waals surface area contributed by atoms with Crippen LogP contribution in [-0.2, 0) is 19.1 Å². The average molecular weight is 286 g/mol. The van der Waals surface area contributed by atoms with Crippen LogP contribution in [0.3, 0.4) is 0 Å². The number of carbonyl (C=O) groups is 3. The summed E-state index contributed by atoms with van der Waals surface area (Å²) in [6, 6.07) is 0. The molecule has 0 spiro atoms. The summed E-state index contributed by atoms with van der Waals surface area (Å²) in [4.78, 5) is 36.4. The molecule has 3 amide bonds. The second-order valence-electron chi connectivity index (χ2n) is 4.01. The molecule has 0 aromatic rings. The number of nitrogens with zero attached hydrogens (tertiary/aromatic N) is 1. The maximum absolute atomic E-state index is 11.9. The van der Waals surface area contributed by atoms with Gasteiger partial charge in [-0.05, 0) is 20.1 Å². The quantitative estimate of drug-likeness (QED) is 0.437. The van der Waals surface area contributed by atoms with Gasteiger partial charge in [-0.3, -0.25) is 14.4 Å². The first-order valence-electron chi connectivity index (χ1n) is 5.93. The van der Waals surface area contributed by atoms with E-state index in [9.17, 15) is 14.4 Å². The van der Waals surface area contributed by atoms with Crippen molar-refractivity contribution >= 4 is 29.5 Å². The molecule has 0 bridgehead atoms. The number of hydrogen-bond donors (Lipinski definition) is 1. The fourth-order valence-electron chi connectivity index (χ4n) is 1.73. The molecule has 2 atom stereocenters. The molecule has 7 heteroatoms. The molecular weight excluding hydrogens is 268 g/mol. The number of nitrogens with one attached hydrogen (secondary N) is 1. The number of amides is 3. The molecule has 0 aromatic heterocycles. The van der Waals surface area contributed by atoms with Gasteiger partial charge in [0.05, 0.1) is 5.25 Å². The molecule has 1 aliphatic rings. The fraction of sp³-hybridized carbons (Fsp3) is 0.583. The molecule has 0 saturated carbocycles. The second kappa shape index (κ2) is 6.72. The topological polar surface area (TPSA) is 75.7 Å². The van der Waals surface area contributed by atoms with Gasteiger partial charge < -0.3 is 10.1 Å². The van der Waals surface area contributed by atoms with Gasteiger partial charge in [0, 0.05) is 13.0 Å². The Morgan fingerprint density at radius 3 is 2.74 bits per heavy atom. The highest BCUT2D eigenvalue weighted by atomic mass is 32.2. The van der Waals surface area contributed by atoms with Gasteiger partial charge in [-0.25, -0.2) is 4.90 Å². The molecule has 2 unspecified atom stereocenters. The van der Waals surface area contributed by atoms with Gasteiger partial charge in [0.2, 0.25) is 11.8 Å². The van der Waals surface area contributed by atoms with Gasteiger partial charge in [-0.2, -0.15) is 11.8 Å². The Morgan fingerprint density at radius 2 is 2.26 bits per heavy atom. The van der Waals surface area contributed by atoms with Crippen LogP contribution in [0.25, 0.3) is 0 Å². The third-order valence-corrected chi connectivity index (χ3v) is 3.61. The lowest BCUT2D eigenvalue weighted by Gasteiger charge is -2.19. The van der Waals surface area contributed by atoms with E-state index in [4.69, 9.17) is 4.74 Å². The summed E-state index contributed by atoms with van der Waals surface area (Å²) >= 11 is 1.29. The maximum Gasteiger partial charge on any atom is 0.269 e. The molecule has 0 aliphatic carbocycles. The number of likely N-dealkylation sites (tertiary alicyclic amines) is 1. The standard InChI is InChI=1S/C12H18N2O4S/c1-5-18-8(3)13-11(16)7(2)14-10(15)6-9(19-4)12(14)17/h8-9H,2,5-6H2,1,3-4H3,(H,13,16). The highest BCUT2D eigenvalue weighted by Crippen LogP contribution is 2.25. The number of rotatable bonds is 6. The molecule has 1 rings (SSSR count). The maximum atomic E-state index is 11.9. The van der Waals surface area contributed by atoms with Crippen molar-refractivity contribution < 1.29 is 19.1 Å². The Balaban J connectivity index is 2.69. The zero-order valence-electron chi connectivity index (χ0n) is 11.3. The molecule has 1 N–H and O–H groups in total. The summed E-state index contributed by atoms with van der Waals surface area (Å²) in [5.41, 5.74) is -0.155. The number of hydrogen-bond acceptors (Lipinski definition) is 5. The first-order chi connectivity index (χ1) is 8.92. The molecule has 1 heterocycles. The average Bonchev–Trinajstić information content (AvgIpc) is 2.63. The predicted molar refractivity (Wildman–Crippen MR) is 72.1 cm³/mol. The van der Waals surface area contributed by atoms with Crippen molar-refractivity contribution in [2.45, 2.75) is 31.7 Å². The van der Waals surface area contributed by atoms with Crippen LogP contribution in [0.5, 0.6) is 0 Å². The van der Waals surface area contributed by atoms with Crippen molar-refractivity contribution in [2.75, 3.05) is 12.9 Å². The molecule has 0 radical (unpaired) electrons. The lowest BCUT2D eigenvalue weighted by atomic mass is 10.3. The minimum absolute atomic E-state index is 0.104. The van der Waals surface area contributed by atoms with Gasteiger partial charge >= 0.3 is 0 Å². The van der Waals surface area contributed by atoms with Crippen molar-refractivity contribution in [2.24, 2.45) is 0 Å². The minimum atomic E-state index is -0.579. The van der Waals surface area contributed by atoms with Gasteiger partial charge in [-0.15, -0.1) is 0 Å². The Morgan fingerprint density at radius 1 is 1.63 bits per heavy atom. The Bertz CT molecular complexity index is 411. The SMILES string of the molecule is C=C(C(=O)NC(C)OCC)N1C(=O)CC(SC)C1=O. The van der Waals surface area contributed by atoms with E-state index in [0.717, 1.165) is 4.90 Å². The van der Waals surface area contributed by atoms with Crippen molar-refractivity contribution in [3.63, 3.8) is 0 Å². The van der Waals surface area contributed by atoms with Crippen molar-refractivity contribution in [3.05, 3.63) is 12.3 Å². The second-order valence-corrected chi connectivity index (χ2v) is 5.05. The Labute approximate surface area is 116 Å². The highest BCUT2D eigenvalue weighted by molar-refractivity contribution is 8.00. The zero-order valence-corrected chi connectivity index (χ0v) is 12.1. The molecule has 1 saturated heterocycles. The summed E-state index contributed by atoms with van der Waals surface area (Å²) in [6.07, 6.45) is 1.35.